The quantitative estimate of drug-likeness (QED) is 0.607. The molecule has 1 heterocycles. The first kappa shape index (κ1) is 14.4. The molecule has 0 saturated heterocycles. The zero-order valence-electron chi connectivity index (χ0n) is 11.7. The molecule has 1 saturated carbocycles. The summed E-state index contributed by atoms with van der Waals surface area (Å²) < 4.78 is 6.97. The normalized spacial score (nSPS) is 16.4. The number of aryl methyl sites for hydroxylation is 2. The van der Waals surface area contributed by atoms with E-state index in [2.05, 4.69) is 10.4 Å². The number of aromatic nitrogens is 2. The fraction of sp³-hybridized carbons (Fsp3) is 0.692. The Morgan fingerprint density at radius 2 is 2.42 bits per heavy atom. The lowest BCUT2D eigenvalue weighted by Gasteiger charge is -2.16. The molecule has 106 valence electrons. The van der Waals surface area contributed by atoms with Crippen LogP contribution in [-0.2, 0) is 16.6 Å². The van der Waals surface area contributed by atoms with Gasteiger partial charge in [0.05, 0.1) is 17.3 Å². The molecular formula is C13H21N3O2S. The molecule has 1 N–H and O–H groups in total. The first-order valence-electron chi connectivity index (χ1n) is 6.66. The van der Waals surface area contributed by atoms with E-state index in [1.54, 1.807) is 11.8 Å². The number of thioether (sulfide) groups is 1. The number of ether oxygens (including phenoxy) is 1. The predicted octanol–water partition coefficient (Wildman–Crippen LogP) is 1.50. The lowest BCUT2D eigenvalue weighted by Crippen LogP contribution is -2.41. The molecule has 0 aromatic carbocycles. The van der Waals surface area contributed by atoms with Crippen molar-refractivity contribution in [1.82, 2.24) is 15.1 Å². The van der Waals surface area contributed by atoms with Crippen molar-refractivity contribution in [3.05, 3.63) is 11.8 Å². The highest BCUT2D eigenvalue weighted by atomic mass is 32.2. The van der Waals surface area contributed by atoms with Crippen molar-refractivity contribution in [2.24, 2.45) is 7.05 Å². The molecule has 1 fully saturated rings. The summed E-state index contributed by atoms with van der Waals surface area (Å²) >= 11 is 1.64. The van der Waals surface area contributed by atoms with Crippen molar-refractivity contribution in [2.75, 3.05) is 12.4 Å². The van der Waals surface area contributed by atoms with E-state index in [0.717, 1.165) is 23.6 Å². The van der Waals surface area contributed by atoms with Gasteiger partial charge in [0, 0.05) is 18.8 Å². The molecule has 1 atom stereocenters. The number of hydrogen-bond acceptors (Lipinski definition) is 5. The van der Waals surface area contributed by atoms with Crippen molar-refractivity contribution in [3.63, 3.8) is 0 Å². The fourth-order valence-electron chi connectivity index (χ4n) is 1.85. The molecule has 0 spiro atoms. The summed E-state index contributed by atoms with van der Waals surface area (Å²) in [5.74, 6) is 0.523. The molecule has 1 aliphatic carbocycles. The van der Waals surface area contributed by atoms with Gasteiger partial charge in [-0.3, -0.25) is 9.48 Å². The Labute approximate surface area is 118 Å². The van der Waals surface area contributed by atoms with E-state index in [-0.39, 0.29) is 12.0 Å². The third-order valence-corrected chi connectivity index (χ3v) is 4.12. The topological polar surface area (TPSA) is 56.1 Å². The molecular weight excluding hydrogens is 262 g/mol. The van der Waals surface area contributed by atoms with Gasteiger partial charge in [0.2, 0.25) is 0 Å². The number of esters is 1. The minimum Gasteiger partial charge on any atom is -0.465 e. The molecule has 0 aliphatic heterocycles. The molecule has 5 nitrogen and oxygen atoms in total. The third kappa shape index (κ3) is 4.24. The Bertz CT molecular complexity index is 443. The van der Waals surface area contributed by atoms with Crippen LogP contribution >= 0.6 is 11.8 Å². The highest BCUT2D eigenvalue weighted by Gasteiger charge is 2.29. The molecule has 1 unspecified atom stereocenters. The SMILES string of the molecule is CCOC(=O)C(CSc1cc(C)nn1C)NC1CC1. The van der Waals surface area contributed by atoms with Gasteiger partial charge in [-0.1, -0.05) is 0 Å². The summed E-state index contributed by atoms with van der Waals surface area (Å²) in [5.41, 5.74) is 0.993. The van der Waals surface area contributed by atoms with Crippen molar-refractivity contribution < 1.29 is 9.53 Å². The van der Waals surface area contributed by atoms with Gasteiger partial charge in [-0.15, -0.1) is 11.8 Å². The van der Waals surface area contributed by atoms with Crippen LogP contribution in [0.25, 0.3) is 0 Å². The summed E-state index contributed by atoms with van der Waals surface area (Å²) in [6, 6.07) is 2.29. The molecule has 19 heavy (non-hydrogen) atoms. The number of carbonyl (C=O) groups is 1. The molecule has 2 rings (SSSR count). The summed E-state index contributed by atoms with van der Waals surface area (Å²) in [6.07, 6.45) is 2.32. The van der Waals surface area contributed by atoms with Gasteiger partial charge in [-0.25, -0.2) is 0 Å². The van der Waals surface area contributed by atoms with E-state index in [1.165, 1.54) is 0 Å². The predicted molar refractivity (Wildman–Crippen MR) is 75.2 cm³/mol. The van der Waals surface area contributed by atoms with E-state index in [1.807, 2.05) is 31.6 Å². The van der Waals surface area contributed by atoms with Crippen molar-refractivity contribution >= 4 is 17.7 Å². The number of nitrogens with one attached hydrogen (secondary N) is 1. The van der Waals surface area contributed by atoms with Crippen LogP contribution in [0.4, 0.5) is 0 Å². The van der Waals surface area contributed by atoms with Gasteiger partial charge in [-0.05, 0) is 32.8 Å². The number of carbonyl (C=O) groups excluding carboxylic acids is 1. The smallest absolute Gasteiger partial charge is 0.324 e. The van der Waals surface area contributed by atoms with E-state index < -0.39 is 0 Å². The average Bonchev–Trinajstić information content (AvgIpc) is 3.10. The van der Waals surface area contributed by atoms with Crippen LogP contribution in [0.2, 0.25) is 0 Å². The standard InChI is InChI=1S/C13H21N3O2S/c1-4-18-13(17)11(14-10-5-6-10)8-19-12-7-9(2)15-16(12)3/h7,10-11,14H,4-6,8H2,1-3H3. The zero-order chi connectivity index (χ0) is 13.8. The Balaban J connectivity index is 1.91. The van der Waals surface area contributed by atoms with Crippen LogP contribution in [0.5, 0.6) is 0 Å². The van der Waals surface area contributed by atoms with Gasteiger partial charge in [0.1, 0.15) is 6.04 Å². The maximum Gasteiger partial charge on any atom is 0.324 e. The molecule has 1 aromatic heterocycles. The Kier molecular flexibility index (Phi) is 4.87. The summed E-state index contributed by atoms with van der Waals surface area (Å²) in [6.45, 7) is 4.23. The molecule has 0 radical (unpaired) electrons. The Morgan fingerprint density at radius 3 is 2.95 bits per heavy atom. The van der Waals surface area contributed by atoms with Gasteiger partial charge in [-0.2, -0.15) is 5.10 Å². The van der Waals surface area contributed by atoms with Crippen molar-refractivity contribution in [3.8, 4) is 0 Å². The second-order valence-corrected chi connectivity index (χ2v) is 5.84. The number of nitrogens with zero attached hydrogens (tertiary/aromatic N) is 2. The van der Waals surface area contributed by atoms with Crippen molar-refractivity contribution in [1.29, 1.82) is 0 Å². The largest absolute Gasteiger partial charge is 0.465 e. The van der Waals surface area contributed by atoms with Crippen LogP contribution in [0.1, 0.15) is 25.5 Å². The van der Waals surface area contributed by atoms with Gasteiger partial charge >= 0.3 is 5.97 Å². The molecule has 1 aliphatic rings. The van der Waals surface area contributed by atoms with Gasteiger partial charge < -0.3 is 10.1 Å². The second kappa shape index (κ2) is 6.43. The summed E-state index contributed by atoms with van der Waals surface area (Å²) in [7, 11) is 1.92. The van der Waals surface area contributed by atoms with Crippen LogP contribution in [-0.4, -0.2) is 40.2 Å². The zero-order valence-corrected chi connectivity index (χ0v) is 12.5. The van der Waals surface area contributed by atoms with Gasteiger partial charge in [0.25, 0.3) is 0 Å². The van der Waals surface area contributed by atoms with Gasteiger partial charge in [0.15, 0.2) is 0 Å². The van der Waals surface area contributed by atoms with E-state index in [4.69, 9.17) is 4.74 Å². The third-order valence-electron chi connectivity index (χ3n) is 2.94. The highest BCUT2D eigenvalue weighted by molar-refractivity contribution is 7.99. The summed E-state index contributed by atoms with van der Waals surface area (Å²) in [5, 5.41) is 8.72. The number of hydrogen-bond donors (Lipinski definition) is 1. The lowest BCUT2D eigenvalue weighted by atomic mass is 10.3. The van der Waals surface area contributed by atoms with E-state index in [9.17, 15) is 4.79 Å². The highest BCUT2D eigenvalue weighted by Crippen LogP contribution is 2.23. The van der Waals surface area contributed by atoms with E-state index >= 15 is 0 Å². The van der Waals surface area contributed by atoms with Crippen molar-refractivity contribution in [2.45, 2.75) is 43.8 Å². The van der Waals surface area contributed by atoms with Crippen LogP contribution in [0.3, 0.4) is 0 Å². The maximum absolute atomic E-state index is 11.9. The molecule has 1 aromatic rings. The fourth-order valence-corrected chi connectivity index (χ4v) is 2.90. The lowest BCUT2D eigenvalue weighted by molar-refractivity contribution is -0.145. The van der Waals surface area contributed by atoms with Crippen LogP contribution in [0.15, 0.2) is 11.1 Å². The Hall–Kier alpha value is -1.01. The monoisotopic (exact) mass is 283 g/mol. The second-order valence-electron chi connectivity index (χ2n) is 4.80. The average molecular weight is 283 g/mol. The molecule has 0 bridgehead atoms. The molecule has 6 heteroatoms. The molecule has 0 amide bonds. The first-order valence-corrected chi connectivity index (χ1v) is 7.64. The minimum absolute atomic E-state index is 0.152. The Morgan fingerprint density at radius 1 is 1.68 bits per heavy atom. The summed E-state index contributed by atoms with van der Waals surface area (Å²) in [4.78, 5) is 11.9. The van der Waals surface area contributed by atoms with Crippen LogP contribution in [0, 0.1) is 6.92 Å². The first-order chi connectivity index (χ1) is 9.10. The maximum atomic E-state index is 11.9. The minimum atomic E-state index is -0.229. The van der Waals surface area contributed by atoms with E-state index in [0.29, 0.717) is 18.4 Å². The van der Waals surface area contributed by atoms with Crippen LogP contribution < -0.4 is 5.32 Å². The number of rotatable bonds is 7.